The molecule has 29 heavy (non-hydrogen) atoms. The maximum absolute atomic E-state index is 14.5. The minimum Gasteiger partial charge on any atom is -0.314 e. The molecule has 0 unspecified atom stereocenters. The molecule has 1 atom stereocenters. The predicted octanol–water partition coefficient (Wildman–Crippen LogP) is 5.57. The minimum atomic E-state index is -5.37. The normalized spacial score (nSPS) is 17.7. The van der Waals surface area contributed by atoms with E-state index in [4.69, 9.17) is 0 Å². The second kappa shape index (κ2) is 9.25. The minimum absolute atomic E-state index is 0. The van der Waals surface area contributed by atoms with Gasteiger partial charge in [-0.3, -0.25) is 4.90 Å². The standard InChI is InChI=1S/C16H16F10N2.ClH/c17-11-8-9(15(21,22)23)7-10(16(24,25)26)13(11)12(1-2-14(18,19)20)28-5-3-27-4-6-28;/h7-8,12,27H,1-6H2;1H/t12-;/m1./s1. The van der Waals surface area contributed by atoms with Crippen LogP contribution in [0.5, 0.6) is 0 Å². The summed E-state index contributed by atoms with van der Waals surface area (Å²) in [6.07, 6.45) is -17.7. The summed E-state index contributed by atoms with van der Waals surface area (Å²) in [5, 5.41) is 2.85. The highest BCUT2D eigenvalue weighted by molar-refractivity contribution is 5.85. The Labute approximate surface area is 165 Å². The summed E-state index contributed by atoms with van der Waals surface area (Å²) >= 11 is 0. The van der Waals surface area contributed by atoms with E-state index in [1.807, 2.05) is 0 Å². The Morgan fingerprint density at radius 3 is 1.90 bits per heavy atom. The van der Waals surface area contributed by atoms with Gasteiger partial charge in [0.2, 0.25) is 0 Å². The summed E-state index contributed by atoms with van der Waals surface area (Å²) < 4.78 is 131. The Kier molecular flexibility index (Phi) is 8.22. The van der Waals surface area contributed by atoms with Crippen molar-refractivity contribution in [3.63, 3.8) is 0 Å². The van der Waals surface area contributed by atoms with Gasteiger partial charge in [-0.15, -0.1) is 12.4 Å². The molecule has 2 nitrogen and oxygen atoms in total. The Balaban J connectivity index is 0.00000420. The van der Waals surface area contributed by atoms with Crippen LogP contribution in [0.25, 0.3) is 0 Å². The third-order valence-corrected chi connectivity index (χ3v) is 4.39. The zero-order valence-corrected chi connectivity index (χ0v) is 15.4. The summed E-state index contributed by atoms with van der Waals surface area (Å²) in [5.41, 5.74) is -4.95. The molecular weight excluding hydrogens is 446 g/mol. The number of alkyl halides is 9. The molecular formula is C16H17ClF10N2. The van der Waals surface area contributed by atoms with E-state index in [1.54, 1.807) is 0 Å². The molecule has 2 rings (SSSR count). The smallest absolute Gasteiger partial charge is 0.314 e. The van der Waals surface area contributed by atoms with Gasteiger partial charge in [0.15, 0.2) is 0 Å². The topological polar surface area (TPSA) is 15.3 Å². The van der Waals surface area contributed by atoms with E-state index < -0.39 is 59.9 Å². The van der Waals surface area contributed by atoms with Gasteiger partial charge in [0.25, 0.3) is 0 Å². The molecule has 0 saturated carbocycles. The fourth-order valence-electron chi connectivity index (χ4n) is 3.16. The van der Waals surface area contributed by atoms with E-state index in [9.17, 15) is 43.9 Å². The molecule has 1 saturated heterocycles. The Morgan fingerprint density at radius 2 is 1.45 bits per heavy atom. The van der Waals surface area contributed by atoms with Gasteiger partial charge in [-0.05, 0) is 18.6 Å². The fraction of sp³-hybridized carbons (Fsp3) is 0.625. The molecule has 1 aromatic carbocycles. The van der Waals surface area contributed by atoms with Crippen LogP contribution in [0.3, 0.4) is 0 Å². The van der Waals surface area contributed by atoms with Gasteiger partial charge in [0.05, 0.1) is 11.1 Å². The van der Waals surface area contributed by atoms with Crippen LogP contribution >= 0.6 is 12.4 Å². The van der Waals surface area contributed by atoms with Crippen LogP contribution in [0.15, 0.2) is 12.1 Å². The number of benzene rings is 1. The summed E-state index contributed by atoms with van der Waals surface area (Å²) in [6.45, 7) is 0.540. The number of nitrogens with one attached hydrogen (secondary N) is 1. The van der Waals surface area contributed by atoms with Crippen molar-refractivity contribution in [3.05, 3.63) is 34.6 Å². The van der Waals surface area contributed by atoms with Gasteiger partial charge in [-0.1, -0.05) is 0 Å². The molecule has 168 valence electrons. The lowest BCUT2D eigenvalue weighted by Gasteiger charge is -2.37. The highest BCUT2D eigenvalue weighted by atomic mass is 35.5. The molecule has 0 spiro atoms. The maximum Gasteiger partial charge on any atom is 0.416 e. The van der Waals surface area contributed by atoms with Crippen LogP contribution in [0.2, 0.25) is 0 Å². The van der Waals surface area contributed by atoms with Crippen LogP contribution in [0, 0.1) is 5.82 Å². The molecule has 13 heteroatoms. The molecule has 1 N–H and O–H groups in total. The molecule has 1 aromatic rings. The van der Waals surface area contributed by atoms with Crippen molar-refractivity contribution in [1.29, 1.82) is 0 Å². The van der Waals surface area contributed by atoms with E-state index in [2.05, 4.69) is 5.32 Å². The van der Waals surface area contributed by atoms with Gasteiger partial charge in [0.1, 0.15) is 5.82 Å². The Hall–Kier alpha value is -1.27. The average molecular weight is 463 g/mol. The zero-order chi connectivity index (χ0) is 21.3. The van der Waals surface area contributed by atoms with Crippen LogP contribution < -0.4 is 5.32 Å². The van der Waals surface area contributed by atoms with E-state index in [0.717, 1.165) is 0 Å². The molecule has 0 bridgehead atoms. The first-order valence-electron chi connectivity index (χ1n) is 8.19. The third kappa shape index (κ3) is 6.88. The monoisotopic (exact) mass is 462 g/mol. The maximum atomic E-state index is 14.5. The van der Waals surface area contributed by atoms with Crippen molar-refractivity contribution in [2.24, 2.45) is 0 Å². The number of nitrogens with zero attached hydrogens (tertiary/aromatic N) is 1. The summed E-state index contributed by atoms with van der Waals surface area (Å²) in [4.78, 5) is 1.23. The fourth-order valence-corrected chi connectivity index (χ4v) is 3.16. The van der Waals surface area contributed by atoms with Crippen molar-refractivity contribution in [1.82, 2.24) is 10.2 Å². The van der Waals surface area contributed by atoms with E-state index in [1.165, 1.54) is 4.90 Å². The largest absolute Gasteiger partial charge is 0.416 e. The molecule has 0 radical (unpaired) electrons. The Morgan fingerprint density at radius 1 is 0.897 bits per heavy atom. The molecule has 0 aromatic heterocycles. The average Bonchev–Trinajstić information content (AvgIpc) is 2.54. The second-order valence-electron chi connectivity index (χ2n) is 6.37. The number of halogens is 11. The van der Waals surface area contributed by atoms with Crippen molar-refractivity contribution < 1.29 is 43.9 Å². The number of piperazine rings is 1. The van der Waals surface area contributed by atoms with Crippen molar-refractivity contribution in [3.8, 4) is 0 Å². The molecule has 1 heterocycles. The van der Waals surface area contributed by atoms with Gasteiger partial charge >= 0.3 is 18.5 Å². The lowest BCUT2D eigenvalue weighted by Crippen LogP contribution is -2.46. The first kappa shape index (κ1) is 25.8. The number of rotatable bonds is 4. The van der Waals surface area contributed by atoms with Gasteiger partial charge in [0, 0.05) is 44.2 Å². The van der Waals surface area contributed by atoms with Crippen molar-refractivity contribution in [2.75, 3.05) is 26.2 Å². The first-order chi connectivity index (χ1) is 12.7. The molecule has 1 aliphatic heterocycles. The second-order valence-corrected chi connectivity index (χ2v) is 6.37. The predicted molar refractivity (Wildman–Crippen MR) is 86.1 cm³/mol. The zero-order valence-electron chi connectivity index (χ0n) is 14.6. The van der Waals surface area contributed by atoms with Crippen LogP contribution in [0.1, 0.15) is 35.6 Å². The molecule has 0 amide bonds. The number of hydrogen-bond acceptors (Lipinski definition) is 2. The molecule has 1 fully saturated rings. The van der Waals surface area contributed by atoms with E-state index in [-0.39, 0.29) is 50.7 Å². The molecule has 0 aliphatic carbocycles. The molecule has 1 aliphatic rings. The van der Waals surface area contributed by atoms with E-state index in [0.29, 0.717) is 0 Å². The van der Waals surface area contributed by atoms with Crippen LogP contribution in [-0.2, 0) is 12.4 Å². The third-order valence-electron chi connectivity index (χ3n) is 4.39. The van der Waals surface area contributed by atoms with Crippen molar-refractivity contribution >= 4 is 12.4 Å². The highest BCUT2D eigenvalue weighted by Gasteiger charge is 2.43. The Bertz CT molecular complexity index is 678. The lowest BCUT2D eigenvalue weighted by atomic mass is 9.92. The SMILES string of the molecule is Cl.Fc1cc(C(F)(F)F)cc(C(F)(F)F)c1[C@@H](CCC(F)(F)F)N1CCNCC1. The van der Waals surface area contributed by atoms with Crippen molar-refractivity contribution in [2.45, 2.75) is 37.4 Å². The van der Waals surface area contributed by atoms with E-state index >= 15 is 0 Å². The van der Waals surface area contributed by atoms with Gasteiger partial charge in [-0.2, -0.15) is 39.5 Å². The first-order valence-corrected chi connectivity index (χ1v) is 8.19. The highest BCUT2D eigenvalue weighted by Crippen LogP contribution is 2.43. The lowest BCUT2D eigenvalue weighted by molar-refractivity contribution is -0.144. The van der Waals surface area contributed by atoms with Crippen LogP contribution in [-0.4, -0.2) is 37.3 Å². The summed E-state index contributed by atoms with van der Waals surface area (Å²) in [6, 6.07) is -2.02. The summed E-state index contributed by atoms with van der Waals surface area (Å²) in [7, 11) is 0. The van der Waals surface area contributed by atoms with Crippen LogP contribution in [0.4, 0.5) is 43.9 Å². The number of hydrogen-bond donors (Lipinski definition) is 1. The quantitative estimate of drug-likeness (QED) is 0.588. The summed E-state index contributed by atoms with van der Waals surface area (Å²) in [5.74, 6) is -1.83. The van der Waals surface area contributed by atoms with Gasteiger partial charge in [-0.25, -0.2) is 4.39 Å². The van der Waals surface area contributed by atoms with Gasteiger partial charge < -0.3 is 5.32 Å².